The molecule has 0 radical (unpaired) electrons. The van der Waals surface area contributed by atoms with Gasteiger partial charge in [0.15, 0.2) is 5.96 Å². The van der Waals surface area contributed by atoms with Crippen molar-refractivity contribution in [3.63, 3.8) is 0 Å². The van der Waals surface area contributed by atoms with Crippen LogP contribution >= 0.6 is 24.0 Å². The molecule has 7 heteroatoms. The Kier molecular flexibility index (Phi) is 6.91. The Morgan fingerprint density at radius 2 is 2.12 bits per heavy atom. The molecule has 2 aromatic rings. The summed E-state index contributed by atoms with van der Waals surface area (Å²) in [6, 6.07) is 8.03. The zero-order valence-electron chi connectivity index (χ0n) is 15.6. The van der Waals surface area contributed by atoms with Crippen LogP contribution in [0.5, 0.6) is 0 Å². The number of nitrogens with one attached hydrogen (secondary N) is 1. The first-order valence-corrected chi connectivity index (χ1v) is 8.55. The average molecular weight is 471 g/mol. The van der Waals surface area contributed by atoms with Crippen LogP contribution in [0.1, 0.15) is 18.2 Å². The third kappa shape index (κ3) is 3.97. The predicted octanol–water partition coefficient (Wildman–Crippen LogP) is 3.18. The standard InChI is InChI=1S/C19H25N3O3.HI/c1-12-10-22(11-15(12)18(23)24-4)19(20-3)21-9-17-13(2)14-7-5-6-8-16(14)25-17;/h5-8,12,15H,9-11H2,1-4H3,(H,20,21);1H. The molecule has 1 saturated heterocycles. The smallest absolute Gasteiger partial charge is 0.310 e. The number of carbonyl (C=O) groups excluding carboxylic acids is 1. The van der Waals surface area contributed by atoms with Gasteiger partial charge in [0.25, 0.3) is 0 Å². The largest absolute Gasteiger partial charge is 0.469 e. The molecular weight excluding hydrogens is 445 g/mol. The molecule has 1 aromatic heterocycles. The summed E-state index contributed by atoms with van der Waals surface area (Å²) in [5.74, 6) is 1.64. The summed E-state index contributed by atoms with van der Waals surface area (Å²) in [7, 11) is 3.19. The monoisotopic (exact) mass is 471 g/mol. The van der Waals surface area contributed by atoms with Gasteiger partial charge in [-0.1, -0.05) is 25.1 Å². The highest BCUT2D eigenvalue weighted by Crippen LogP contribution is 2.26. The fraction of sp³-hybridized carbons (Fsp3) is 0.474. The van der Waals surface area contributed by atoms with Crippen LogP contribution in [0.2, 0.25) is 0 Å². The van der Waals surface area contributed by atoms with Crippen LogP contribution in [-0.4, -0.2) is 44.1 Å². The molecule has 2 heterocycles. The first-order valence-electron chi connectivity index (χ1n) is 8.55. The Hall–Kier alpha value is -1.77. The van der Waals surface area contributed by atoms with Crippen molar-refractivity contribution < 1.29 is 13.9 Å². The molecule has 1 aromatic carbocycles. The SMILES string of the molecule is CN=C(NCc1oc2ccccc2c1C)N1CC(C)C(C(=O)OC)C1.I. The van der Waals surface area contributed by atoms with Crippen molar-refractivity contribution in [3.05, 3.63) is 35.6 Å². The molecule has 0 bridgehead atoms. The van der Waals surface area contributed by atoms with E-state index in [1.807, 2.05) is 18.2 Å². The molecule has 1 N–H and O–H groups in total. The van der Waals surface area contributed by atoms with Crippen LogP contribution < -0.4 is 5.32 Å². The van der Waals surface area contributed by atoms with Gasteiger partial charge in [-0.15, -0.1) is 24.0 Å². The van der Waals surface area contributed by atoms with E-state index in [4.69, 9.17) is 9.15 Å². The normalized spacial score (nSPS) is 20.2. The van der Waals surface area contributed by atoms with Gasteiger partial charge in [-0.3, -0.25) is 9.79 Å². The van der Waals surface area contributed by atoms with Gasteiger partial charge in [-0.2, -0.15) is 0 Å². The molecule has 0 spiro atoms. The quantitative estimate of drug-likeness (QED) is 0.323. The second kappa shape index (κ2) is 8.75. The Morgan fingerprint density at radius 3 is 2.77 bits per heavy atom. The molecule has 0 aliphatic carbocycles. The number of carbonyl (C=O) groups is 1. The van der Waals surface area contributed by atoms with E-state index in [0.717, 1.165) is 34.8 Å². The van der Waals surface area contributed by atoms with Gasteiger partial charge >= 0.3 is 5.97 Å². The maximum Gasteiger partial charge on any atom is 0.310 e. The maximum atomic E-state index is 11.9. The van der Waals surface area contributed by atoms with Crippen LogP contribution in [0.4, 0.5) is 0 Å². The van der Waals surface area contributed by atoms with Crippen LogP contribution in [0.25, 0.3) is 11.0 Å². The summed E-state index contributed by atoms with van der Waals surface area (Å²) in [6.45, 7) is 6.08. The lowest BCUT2D eigenvalue weighted by molar-refractivity contribution is -0.145. The Morgan fingerprint density at radius 1 is 1.38 bits per heavy atom. The van der Waals surface area contributed by atoms with Crippen LogP contribution in [0.3, 0.4) is 0 Å². The van der Waals surface area contributed by atoms with Gasteiger partial charge < -0.3 is 19.4 Å². The third-order valence-electron chi connectivity index (χ3n) is 4.98. The van der Waals surface area contributed by atoms with Crippen molar-refractivity contribution in [1.82, 2.24) is 10.2 Å². The highest BCUT2D eigenvalue weighted by atomic mass is 127. The average Bonchev–Trinajstić information content (AvgIpc) is 3.16. The number of guanidine groups is 1. The topological polar surface area (TPSA) is 67.1 Å². The minimum absolute atomic E-state index is 0. The lowest BCUT2D eigenvalue weighted by atomic mass is 9.99. The lowest BCUT2D eigenvalue weighted by Crippen LogP contribution is -2.40. The number of halogens is 1. The second-order valence-electron chi connectivity index (χ2n) is 6.56. The van der Waals surface area contributed by atoms with E-state index in [1.54, 1.807) is 7.05 Å². The molecule has 0 amide bonds. The highest BCUT2D eigenvalue weighted by molar-refractivity contribution is 14.0. The summed E-state index contributed by atoms with van der Waals surface area (Å²) >= 11 is 0. The van der Waals surface area contributed by atoms with Gasteiger partial charge in [0.05, 0.1) is 19.6 Å². The van der Waals surface area contributed by atoms with Crippen molar-refractivity contribution in [1.29, 1.82) is 0 Å². The number of benzene rings is 1. The number of methoxy groups -OCH3 is 1. The van der Waals surface area contributed by atoms with E-state index in [0.29, 0.717) is 13.1 Å². The molecule has 2 unspecified atom stereocenters. The fourth-order valence-corrected chi connectivity index (χ4v) is 3.48. The number of nitrogens with zero attached hydrogens (tertiary/aromatic N) is 2. The lowest BCUT2D eigenvalue weighted by Gasteiger charge is -2.21. The molecule has 1 fully saturated rings. The first kappa shape index (κ1) is 20.5. The number of esters is 1. The number of aryl methyl sites for hydroxylation is 1. The molecular formula is C19H26IN3O3. The van der Waals surface area contributed by atoms with E-state index in [9.17, 15) is 4.79 Å². The van der Waals surface area contributed by atoms with E-state index in [1.165, 1.54) is 7.11 Å². The van der Waals surface area contributed by atoms with Gasteiger partial charge in [0.2, 0.25) is 0 Å². The van der Waals surface area contributed by atoms with Crippen molar-refractivity contribution in [2.75, 3.05) is 27.2 Å². The van der Waals surface area contributed by atoms with Crippen molar-refractivity contribution in [2.24, 2.45) is 16.8 Å². The zero-order valence-corrected chi connectivity index (χ0v) is 17.9. The van der Waals surface area contributed by atoms with Gasteiger partial charge in [0.1, 0.15) is 11.3 Å². The van der Waals surface area contributed by atoms with Gasteiger partial charge in [0, 0.05) is 31.1 Å². The van der Waals surface area contributed by atoms with Crippen molar-refractivity contribution in [3.8, 4) is 0 Å². The molecule has 1 aliphatic heterocycles. The van der Waals surface area contributed by atoms with Gasteiger partial charge in [-0.05, 0) is 18.9 Å². The Bertz CT molecular complexity index is 802. The summed E-state index contributed by atoms with van der Waals surface area (Å²) in [5.41, 5.74) is 2.04. The maximum absolute atomic E-state index is 11.9. The number of para-hydroxylation sites is 1. The molecule has 6 nitrogen and oxygen atoms in total. The number of fused-ring (bicyclic) bond motifs is 1. The molecule has 3 rings (SSSR count). The van der Waals surface area contributed by atoms with Crippen molar-refractivity contribution >= 4 is 46.9 Å². The minimum Gasteiger partial charge on any atom is -0.469 e. The number of hydrogen-bond donors (Lipinski definition) is 1. The van der Waals surface area contributed by atoms with E-state index in [-0.39, 0.29) is 41.8 Å². The number of furan rings is 1. The van der Waals surface area contributed by atoms with Crippen LogP contribution in [0.15, 0.2) is 33.7 Å². The number of ether oxygens (including phenoxy) is 1. The molecule has 142 valence electrons. The van der Waals surface area contributed by atoms with Crippen molar-refractivity contribution in [2.45, 2.75) is 20.4 Å². The number of rotatable bonds is 3. The molecule has 0 saturated carbocycles. The van der Waals surface area contributed by atoms with Crippen LogP contribution in [0, 0.1) is 18.8 Å². The van der Waals surface area contributed by atoms with E-state index >= 15 is 0 Å². The molecule has 26 heavy (non-hydrogen) atoms. The molecule has 2 atom stereocenters. The summed E-state index contributed by atoms with van der Waals surface area (Å²) in [6.07, 6.45) is 0. The summed E-state index contributed by atoms with van der Waals surface area (Å²) in [4.78, 5) is 18.3. The zero-order chi connectivity index (χ0) is 18.0. The first-order chi connectivity index (χ1) is 12.0. The highest BCUT2D eigenvalue weighted by Gasteiger charge is 2.36. The van der Waals surface area contributed by atoms with E-state index < -0.39 is 0 Å². The number of aliphatic imine (C=N–C) groups is 1. The fourth-order valence-electron chi connectivity index (χ4n) is 3.48. The Balaban J connectivity index is 0.00000243. The predicted molar refractivity (Wildman–Crippen MR) is 113 cm³/mol. The minimum atomic E-state index is -0.154. The number of likely N-dealkylation sites (tertiary alicyclic amines) is 1. The summed E-state index contributed by atoms with van der Waals surface area (Å²) in [5, 5.41) is 4.49. The van der Waals surface area contributed by atoms with E-state index in [2.05, 4.69) is 35.1 Å². The van der Waals surface area contributed by atoms with Gasteiger partial charge in [-0.25, -0.2) is 0 Å². The third-order valence-corrected chi connectivity index (χ3v) is 4.98. The molecule has 1 aliphatic rings. The summed E-state index contributed by atoms with van der Waals surface area (Å²) < 4.78 is 10.8. The second-order valence-corrected chi connectivity index (χ2v) is 6.56. The Labute approximate surface area is 171 Å². The number of hydrogen-bond acceptors (Lipinski definition) is 4. The van der Waals surface area contributed by atoms with Crippen LogP contribution in [-0.2, 0) is 16.1 Å².